The van der Waals surface area contributed by atoms with E-state index >= 15 is 0 Å². The molecule has 1 aromatic heterocycles. The maximum atomic E-state index is 11.6. The van der Waals surface area contributed by atoms with Crippen LogP contribution >= 0.6 is 0 Å². The molecule has 20 heavy (non-hydrogen) atoms. The van der Waals surface area contributed by atoms with Crippen LogP contribution < -0.4 is 10.3 Å². The SMILES string of the molecule is CC#CCOc1ccc(-c2[c-]ccc(=O)n2C)cc1.[Y]. The van der Waals surface area contributed by atoms with Crippen molar-refractivity contribution in [1.82, 2.24) is 4.57 Å². The molecule has 0 atom stereocenters. The first kappa shape index (κ1) is 16.7. The van der Waals surface area contributed by atoms with Crippen LogP contribution in [-0.2, 0) is 39.8 Å². The van der Waals surface area contributed by atoms with Crippen LogP contribution in [0.3, 0.4) is 0 Å². The first-order valence-corrected chi connectivity index (χ1v) is 5.93. The second-order valence-electron chi connectivity index (χ2n) is 3.96. The largest absolute Gasteiger partial charge is 0.481 e. The first-order valence-electron chi connectivity index (χ1n) is 5.93. The summed E-state index contributed by atoms with van der Waals surface area (Å²) in [4.78, 5) is 11.6. The molecule has 4 heteroatoms. The minimum Gasteiger partial charge on any atom is -0.481 e. The van der Waals surface area contributed by atoms with Gasteiger partial charge in [0.2, 0.25) is 0 Å². The van der Waals surface area contributed by atoms with Gasteiger partial charge >= 0.3 is 0 Å². The van der Waals surface area contributed by atoms with Crippen molar-refractivity contribution in [3.05, 3.63) is 52.8 Å². The Hall–Kier alpha value is -1.37. The average Bonchev–Trinajstić information content (AvgIpc) is 2.43. The molecule has 1 aromatic carbocycles. The quantitative estimate of drug-likeness (QED) is 0.633. The van der Waals surface area contributed by atoms with Gasteiger partial charge in [0.15, 0.2) is 5.56 Å². The third-order valence-electron chi connectivity index (χ3n) is 2.73. The summed E-state index contributed by atoms with van der Waals surface area (Å²) in [6.45, 7) is 2.16. The van der Waals surface area contributed by atoms with Crippen LogP contribution in [-0.4, -0.2) is 11.2 Å². The number of hydrogen-bond donors (Lipinski definition) is 0. The monoisotopic (exact) mass is 341 g/mol. The molecule has 0 aliphatic rings. The van der Waals surface area contributed by atoms with Gasteiger partial charge in [-0.3, -0.25) is 4.79 Å². The van der Waals surface area contributed by atoms with E-state index in [2.05, 4.69) is 17.9 Å². The molecule has 0 aliphatic heterocycles. The van der Waals surface area contributed by atoms with Gasteiger partial charge in [0.25, 0.3) is 0 Å². The van der Waals surface area contributed by atoms with E-state index in [0.717, 1.165) is 17.0 Å². The van der Waals surface area contributed by atoms with Gasteiger partial charge in [-0.05, 0) is 19.1 Å². The molecule has 0 unspecified atom stereocenters. The van der Waals surface area contributed by atoms with Crippen molar-refractivity contribution in [3.63, 3.8) is 0 Å². The van der Waals surface area contributed by atoms with Crippen LogP contribution in [0.15, 0.2) is 41.2 Å². The fourth-order valence-corrected chi connectivity index (χ4v) is 1.69. The molecular formula is C16H14NO2Y-. The Morgan fingerprint density at radius 3 is 2.60 bits per heavy atom. The van der Waals surface area contributed by atoms with Crippen LogP contribution in [0.2, 0.25) is 0 Å². The number of aromatic nitrogens is 1. The normalized spacial score (nSPS) is 9.10. The van der Waals surface area contributed by atoms with Gasteiger partial charge < -0.3 is 9.30 Å². The van der Waals surface area contributed by atoms with Crippen molar-refractivity contribution in [2.24, 2.45) is 7.05 Å². The number of ether oxygens (including phenoxy) is 1. The fraction of sp³-hybridized carbons (Fsp3) is 0.188. The third kappa shape index (κ3) is 4.06. The van der Waals surface area contributed by atoms with E-state index in [-0.39, 0.29) is 38.3 Å². The third-order valence-corrected chi connectivity index (χ3v) is 2.73. The molecule has 1 heterocycles. The van der Waals surface area contributed by atoms with Gasteiger partial charge in [0.05, 0.1) is 0 Å². The Morgan fingerprint density at radius 1 is 1.25 bits per heavy atom. The predicted octanol–water partition coefficient (Wildman–Crippen LogP) is 2.25. The van der Waals surface area contributed by atoms with E-state index in [4.69, 9.17) is 4.74 Å². The molecule has 0 fully saturated rings. The van der Waals surface area contributed by atoms with Crippen LogP contribution in [0.25, 0.3) is 11.3 Å². The Kier molecular flexibility index (Phi) is 6.71. The van der Waals surface area contributed by atoms with Crippen molar-refractivity contribution < 1.29 is 37.4 Å². The summed E-state index contributed by atoms with van der Waals surface area (Å²) in [6, 6.07) is 13.7. The molecule has 0 amide bonds. The zero-order valence-corrected chi connectivity index (χ0v) is 14.4. The van der Waals surface area contributed by atoms with Crippen LogP contribution in [0.4, 0.5) is 0 Å². The molecule has 2 rings (SSSR count). The molecule has 0 spiro atoms. The molecule has 0 N–H and O–H groups in total. The van der Waals surface area contributed by atoms with Gasteiger partial charge in [0, 0.05) is 39.8 Å². The Morgan fingerprint density at radius 2 is 1.95 bits per heavy atom. The average molecular weight is 341 g/mol. The summed E-state index contributed by atoms with van der Waals surface area (Å²) in [5, 5.41) is 0. The topological polar surface area (TPSA) is 31.2 Å². The van der Waals surface area contributed by atoms with E-state index in [1.165, 1.54) is 6.07 Å². The molecule has 99 valence electrons. The molecule has 0 aliphatic carbocycles. The molecule has 1 radical (unpaired) electrons. The number of benzene rings is 1. The number of hydrogen-bond acceptors (Lipinski definition) is 2. The van der Waals surface area contributed by atoms with E-state index in [9.17, 15) is 4.79 Å². The molecular weight excluding hydrogens is 327 g/mol. The van der Waals surface area contributed by atoms with Gasteiger partial charge in [-0.25, -0.2) is 0 Å². The standard InChI is InChI=1S/C16H14NO2.Y/c1-3-4-12-19-14-10-8-13(9-11-14)15-6-5-7-16(18)17(15)2;/h5,7-11H,12H2,1-2H3;/q-1;. The van der Waals surface area contributed by atoms with Crippen molar-refractivity contribution in [3.8, 4) is 28.8 Å². The zero-order chi connectivity index (χ0) is 13.7. The molecule has 3 nitrogen and oxygen atoms in total. The molecule has 2 aromatic rings. The first-order chi connectivity index (χ1) is 9.22. The number of nitrogens with zero attached hydrogens (tertiary/aromatic N) is 1. The van der Waals surface area contributed by atoms with Crippen molar-refractivity contribution in [1.29, 1.82) is 0 Å². The molecule has 0 bridgehead atoms. The number of pyridine rings is 1. The Balaban J connectivity index is 0.00000200. The summed E-state index contributed by atoms with van der Waals surface area (Å²) < 4.78 is 7.01. The minimum atomic E-state index is -0.0488. The zero-order valence-electron chi connectivity index (χ0n) is 11.5. The summed E-state index contributed by atoms with van der Waals surface area (Å²) in [7, 11) is 1.73. The van der Waals surface area contributed by atoms with E-state index < -0.39 is 0 Å². The van der Waals surface area contributed by atoms with E-state index in [0.29, 0.717) is 6.61 Å². The minimum absolute atomic E-state index is 0. The summed E-state index contributed by atoms with van der Waals surface area (Å²) in [6.07, 6.45) is 0. The van der Waals surface area contributed by atoms with Gasteiger partial charge in [-0.2, -0.15) is 12.1 Å². The maximum Gasteiger partial charge on any atom is 0.194 e. The predicted molar refractivity (Wildman–Crippen MR) is 74.9 cm³/mol. The van der Waals surface area contributed by atoms with Crippen molar-refractivity contribution in [2.45, 2.75) is 6.92 Å². The van der Waals surface area contributed by atoms with Crippen LogP contribution in [0.5, 0.6) is 5.75 Å². The van der Waals surface area contributed by atoms with E-state index in [1.54, 1.807) is 24.6 Å². The Bertz CT molecular complexity index is 678. The molecule has 0 saturated heterocycles. The van der Waals surface area contributed by atoms with Crippen molar-refractivity contribution in [2.75, 3.05) is 6.61 Å². The summed E-state index contributed by atoms with van der Waals surface area (Å²) in [5.74, 6) is 6.36. The summed E-state index contributed by atoms with van der Waals surface area (Å²) in [5.41, 5.74) is 1.63. The second-order valence-corrected chi connectivity index (χ2v) is 3.96. The summed E-state index contributed by atoms with van der Waals surface area (Å²) >= 11 is 0. The Labute approximate surface area is 143 Å². The van der Waals surface area contributed by atoms with Gasteiger partial charge in [0.1, 0.15) is 12.4 Å². The van der Waals surface area contributed by atoms with E-state index in [1.807, 2.05) is 24.3 Å². The van der Waals surface area contributed by atoms with Gasteiger partial charge in [-0.1, -0.05) is 23.2 Å². The van der Waals surface area contributed by atoms with Gasteiger partial charge in [-0.15, -0.1) is 18.1 Å². The number of rotatable bonds is 3. The van der Waals surface area contributed by atoms with Crippen LogP contribution in [0.1, 0.15) is 6.92 Å². The fourth-order valence-electron chi connectivity index (χ4n) is 1.69. The second kappa shape index (κ2) is 8.04. The smallest absolute Gasteiger partial charge is 0.194 e. The van der Waals surface area contributed by atoms with Crippen molar-refractivity contribution >= 4 is 0 Å². The van der Waals surface area contributed by atoms with Crippen LogP contribution in [0, 0.1) is 17.9 Å². The molecule has 0 saturated carbocycles. The maximum absolute atomic E-state index is 11.6.